The molecule has 3 nitrogen and oxygen atoms in total. The van der Waals surface area contributed by atoms with Crippen molar-refractivity contribution in [1.29, 1.82) is 0 Å². The highest BCUT2D eigenvalue weighted by molar-refractivity contribution is 4.84. The molecular weight excluding hydrogens is 176 g/mol. The van der Waals surface area contributed by atoms with Gasteiger partial charge < -0.3 is 10.8 Å². The molecule has 1 fully saturated rings. The minimum Gasteiger partial charge on any atom is -0.392 e. The van der Waals surface area contributed by atoms with Crippen LogP contribution < -0.4 is 5.73 Å². The summed E-state index contributed by atoms with van der Waals surface area (Å²) in [6.45, 7) is 8.97. The highest BCUT2D eigenvalue weighted by Gasteiger charge is 2.30. The Bertz CT molecular complexity index is 173. The van der Waals surface area contributed by atoms with Crippen LogP contribution in [-0.4, -0.2) is 41.8 Å². The average Bonchev–Trinajstić information content (AvgIpc) is 2.09. The van der Waals surface area contributed by atoms with Gasteiger partial charge in [-0.1, -0.05) is 6.92 Å². The topological polar surface area (TPSA) is 49.5 Å². The summed E-state index contributed by atoms with van der Waals surface area (Å²) in [5.41, 5.74) is 5.74. The molecule has 1 saturated heterocycles. The van der Waals surface area contributed by atoms with Crippen molar-refractivity contribution in [3.8, 4) is 0 Å². The molecule has 3 heteroatoms. The molecule has 14 heavy (non-hydrogen) atoms. The predicted octanol–water partition coefficient (Wildman–Crippen LogP) is 0.672. The summed E-state index contributed by atoms with van der Waals surface area (Å²) in [6.07, 6.45) is 0.971. The van der Waals surface area contributed by atoms with Gasteiger partial charge in [0, 0.05) is 19.1 Å². The van der Waals surface area contributed by atoms with Crippen LogP contribution in [0.2, 0.25) is 0 Å². The van der Waals surface area contributed by atoms with Crippen molar-refractivity contribution in [2.45, 2.75) is 39.3 Å². The fourth-order valence-corrected chi connectivity index (χ4v) is 2.44. The molecule has 1 rings (SSSR count). The lowest BCUT2D eigenvalue weighted by Gasteiger charge is -2.41. The summed E-state index contributed by atoms with van der Waals surface area (Å²) in [4.78, 5) is 2.36. The lowest BCUT2D eigenvalue weighted by molar-refractivity contribution is 0.0406. The molecule has 4 atom stereocenters. The maximum atomic E-state index is 9.37. The molecule has 3 N–H and O–H groups in total. The third-order valence-electron chi connectivity index (χ3n) is 3.41. The summed E-state index contributed by atoms with van der Waals surface area (Å²) >= 11 is 0. The summed E-state index contributed by atoms with van der Waals surface area (Å²) < 4.78 is 0. The van der Waals surface area contributed by atoms with Gasteiger partial charge in [-0.15, -0.1) is 0 Å². The first kappa shape index (κ1) is 12.0. The van der Waals surface area contributed by atoms with Gasteiger partial charge in [-0.25, -0.2) is 0 Å². The number of nitrogens with zero attached hydrogens (tertiary/aromatic N) is 1. The van der Waals surface area contributed by atoms with E-state index in [9.17, 15) is 5.11 Å². The molecule has 1 aliphatic heterocycles. The van der Waals surface area contributed by atoms with Crippen LogP contribution in [0.25, 0.3) is 0 Å². The van der Waals surface area contributed by atoms with Crippen molar-refractivity contribution in [1.82, 2.24) is 4.90 Å². The van der Waals surface area contributed by atoms with E-state index in [0.29, 0.717) is 12.0 Å². The maximum Gasteiger partial charge on any atom is 0.0639 e. The molecule has 0 bridgehead atoms. The van der Waals surface area contributed by atoms with Gasteiger partial charge in [0.25, 0.3) is 0 Å². The van der Waals surface area contributed by atoms with E-state index in [0.717, 1.165) is 25.6 Å². The second-order valence-electron chi connectivity index (χ2n) is 4.86. The fraction of sp³-hybridized carbons (Fsp3) is 1.00. The van der Waals surface area contributed by atoms with Crippen LogP contribution in [0.15, 0.2) is 0 Å². The normalized spacial score (nSPS) is 37.1. The Morgan fingerprint density at radius 2 is 2.14 bits per heavy atom. The molecular formula is C11H24N2O. The van der Waals surface area contributed by atoms with Gasteiger partial charge in [-0.05, 0) is 38.6 Å². The quantitative estimate of drug-likeness (QED) is 0.704. The number of nitrogens with two attached hydrogens (primary N) is 1. The van der Waals surface area contributed by atoms with Crippen molar-refractivity contribution in [2.24, 2.45) is 17.6 Å². The van der Waals surface area contributed by atoms with Gasteiger partial charge >= 0.3 is 0 Å². The molecule has 1 aliphatic rings. The lowest BCUT2D eigenvalue weighted by Crippen LogP contribution is -2.49. The van der Waals surface area contributed by atoms with E-state index in [4.69, 9.17) is 5.73 Å². The Morgan fingerprint density at radius 3 is 2.64 bits per heavy atom. The number of piperidine rings is 1. The molecule has 0 radical (unpaired) electrons. The zero-order valence-corrected chi connectivity index (χ0v) is 9.61. The van der Waals surface area contributed by atoms with E-state index in [1.807, 2.05) is 6.92 Å². The van der Waals surface area contributed by atoms with Crippen LogP contribution in [0.3, 0.4) is 0 Å². The van der Waals surface area contributed by atoms with Crippen LogP contribution in [-0.2, 0) is 0 Å². The van der Waals surface area contributed by atoms with Gasteiger partial charge in [0.15, 0.2) is 0 Å². The Balaban J connectivity index is 2.50. The zero-order valence-electron chi connectivity index (χ0n) is 9.61. The first-order valence-corrected chi connectivity index (χ1v) is 5.66. The number of aliphatic hydroxyl groups excluding tert-OH is 1. The molecule has 0 spiro atoms. The van der Waals surface area contributed by atoms with Crippen LogP contribution in [0.4, 0.5) is 0 Å². The molecule has 0 aromatic carbocycles. The second kappa shape index (κ2) is 5.10. The van der Waals surface area contributed by atoms with Crippen molar-refractivity contribution in [2.75, 3.05) is 19.6 Å². The number of hydrogen-bond acceptors (Lipinski definition) is 3. The molecule has 0 aromatic heterocycles. The summed E-state index contributed by atoms with van der Waals surface area (Å²) in [7, 11) is 0. The number of likely N-dealkylation sites (tertiary alicyclic amines) is 1. The fourth-order valence-electron chi connectivity index (χ4n) is 2.44. The zero-order chi connectivity index (χ0) is 10.7. The molecule has 84 valence electrons. The second-order valence-corrected chi connectivity index (χ2v) is 4.86. The first-order valence-electron chi connectivity index (χ1n) is 5.66. The maximum absolute atomic E-state index is 9.37. The minimum atomic E-state index is -0.232. The monoisotopic (exact) mass is 200 g/mol. The van der Waals surface area contributed by atoms with Gasteiger partial charge in [0.1, 0.15) is 0 Å². The highest BCUT2D eigenvalue weighted by Crippen LogP contribution is 2.26. The van der Waals surface area contributed by atoms with Crippen LogP contribution in [0.5, 0.6) is 0 Å². The van der Waals surface area contributed by atoms with Crippen molar-refractivity contribution >= 4 is 0 Å². The van der Waals surface area contributed by atoms with Crippen molar-refractivity contribution < 1.29 is 5.11 Å². The third kappa shape index (κ3) is 2.94. The van der Waals surface area contributed by atoms with Gasteiger partial charge in [-0.2, -0.15) is 0 Å². The Kier molecular flexibility index (Phi) is 4.35. The Morgan fingerprint density at radius 1 is 1.50 bits per heavy atom. The molecule has 0 aliphatic carbocycles. The van der Waals surface area contributed by atoms with Crippen LogP contribution >= 0.6 is 0 Å². The first-order chi connectivity index (χ1) is 6.54. The Hall–Kier alpha value is -0.120. The Labute approximate surface area is 87.3 Å². The highest BCUT2D eigenvalue weighted by atomic mass is 16.3. The molecule has 1 heterocycles. The third-order valence-corrected chi connectivity index (χ3v) is 3.41. The average molecular weight is 200 g/mol. The standard InChI is InChI=1S/C11H24N2O/c1-8-4-9(2)13(6-10(3)14)7-11(8)5-12/h8-11,14H,4-7,12H2,1-3H3/t8?,9?,10-,11?/m1/s1. The van der Waals surface area contributed by atoms with E-state index in [1.165, 1.54) is 6.42 Å². The predicted molar refractivity (Wildman–Crippen MR) is 59.0 cm³/mol. The number of rotatable bonds is 3. The number of β-amino-alcohol motifs (C(OH)–C–C–N with tert-alkyl or cyclic N) is 1. The summed E-state index contributed by atoms with van der Waals surface area (Å²) in [6, 6.07) is 0.586. The van der Waals surface area contributed by atoms with E-state index < -0.39 is 0 Å². The van der Waals surface area contributed by atoms with Gasteiger partial charge in [0.2, 0.25) is 0 Å². The van der Waals surface area contributed by atoms with E-state index in [2.05, 4.69) is 18.7 Å². The molecule has 0 saturated carbocycles. The van der Waals surface area contributed by atoms with Gasteiger partial charge in [-0.3, -0.25) is 4.90 Å². The number of hydrogen-bond donors (Lipinski definition) is 2. The summed E-state index contributed by atoms with van der Waals surface area (Å²) in [5.74, 6) is 1.32. The SMILES string of the molecule is CC1CC(C)N(C[C@@H](C)O)CC1CN. The van der Waals surface area contributed by atoms with Gasteiger partial charge in [0.05, 0.1) is 6.10 Å². The lowest BCUT2D eigenvalue weighted by atomic mass is 9.83. The summed E-state index contributed by atoms with van der Waals surface area (Å²) in [5, 5.41) is 9.37. The molecule has 0 amide bonds. The minimum absolute atomic E-state index is 0.232. The van der Waals surface area contributed by atoms with E-state index in [1.54, 1.807) is 0 Å². The molecule has 3 unspecified atom stereocenters. The number of aliphatic hydroxyl groups is 1. The molecule has 0 aromatic rings. The van der Waals surface area contributed by atoms with E-state index >= 15 is 0 Å². The van der Waals surface area contributed by atoms with Crippen LogP contribution in [0, 0.1) is 11.8 Å². The van der Waals surface area contributed by atoms with Crippen molar-refractivity contribution in [3.63, 3.8) is 0 Å². The van der Waals surface area contributed by atoms with E-state index in [-0.39, 0.29) is 6.10 Å². The largest absolute Gasteiger partial charge is 0.392 e. The smallest absolute Gasteiger partial charge is 0.0639 e. The van der Waals surface area contributed by atoms with Crippen molar-refractivity contribution in [3.05, 3.63) is 0 Å². The van der Waals surface area contributed by atoms with Crippen LogP contribution in [0.1, 0.15) is 27.2 Å².